The van der Waals surface area contributed by atoms with Gasteiger partial charge in [0.15, 0.2) is 0 Å². The first-order valence-corrected chi connectivity index (χ1v) is 19.6. The van der Waals surface area contributed by atoms with Gasteiger partial charge in [0, 0.05) is 42.3 Å². The standard InChI is InChI=1S/C52H34N2S/c1-2-13-37-33-40(25-24-35(37)12-1)39-15-11-14-38(32-39)36-26-28-41(29-27-36)53(42-30-31-46-45-18-5-10-23-51(45)55-52(46)34-42)49-21-8-9-22-50(49)54-47-19-6-3-16-43(47)44-17-4-7-20-48(44)54/h1-34H. The fourth-order valence-electron chi connectivity index (χ4n) is 8.36. The predicted octanol–water partition coefficient (Wildman–Crippen LogP) is 15.1. The van der Waals surface area contributed by atoms with Crippen molar-refractivity contribution in [3.05, 3.63) is 206 Å². The Balaban J connectivity index is 1.07. The maximum absolute atomic E-state index is 2.43. The normalized spacial score (nSPS) is 11.6. The molecule has 3 heteroatoms. The SMILES string of the molecule is c1cc(-c2ccc(N(c3ccc4c(c3)sc3ccccc34)c3ccccc3-n3c4ccccc4c4ccccc43)cc2)cc(-c2ccc3ccccc3c2)c1. The molecule has 0 radical (unpaired) electrons. The van der Waals surface area contributed by atoms with E-state index in [2.05, 4.69) is 216 Å². The molecule has 0 aliphatic rings. The van der Waals surface area contributed by atoms with Gasteiger partial charge in [-0.05, 0) is 99.8 Å². The van der Waals surface area contributed by atoms with Gasteiger partial charge in [-0.1, -0.05) is 140 Å². The zero-order chi connectivity index (χ0) is 36.3. The van der Waals surface area contributed by atoms with Crippen LogP contribution in [0.2, 0.25) is 0 Å². The van der Waals surface area contributed by atoms with Crippen LogP contribution in [0.1, 0.15) is 0 Å². The highest BCUT2D eigenvalue weighted by Gasteiger charge is 2.21. The lowest BCUT2D eigenvalue weighted by atomic mass is 9.97. The summed E-state index contributed by atoms with van der Waals surface area (Å²) < 4.78 is 5.01. The maximum atomic E-state index is 2.43. The summed E-state index contributed by atoms with van der Waals surface area (Å²) in [6.07, 6.45) is 0. The van der Waals surface area contributed by atoms with E-state index in [-0.39, 0.29) is 0 Å². The molecule has 2 nitrogen and oxygen atoms in total. The summed E-state index contributed by atoms with van der Waals surface area (Å²) in [7, 11) is 0. The van der Waals surface area contributed by atoms with Crippen molar-refractivity contribution >= 4 is 81.1 Å². The van der Waals surface area contributed by atoms with Gasteiger partial charge >= 0.3 is 0 Å². The first-order chi connectivity index (χ1) is 27.3. The zero-order valence-electron chi connectivity index (χ0n) is 29.9. The minimum atomic E-state index is 1.10. The molecule has 258 valence electrons. The number of hydrogen-bond donors (Lipinski definition) is 0. The molecule has 2 heterocycles. The molecule has 0 aliphatic heterocycles. The topological polar surface area (TPSA) is 8.17 Å². The van der Waals surface area contributed by atoms with Crippen LogP contribution in [-0.2, 0) is 0 Å². The van der Waals surface area contributed by atoms with Crippen molar-refractivity contribution in [2.45, 2.75) is 0 Å². The monoisotopic (exact) mass is 718 g/mol. The van der Waals surface area contributed by atoms with E-state index >= 15 is 0 Å². The van der Waals surface area contributed by atoms with Crippen LogP contribution >= 0.6 is 11.3 Å². The number of rotatable bonds is 6. The van der Waals surface area contributed by atoms with Gasteiger partial charge < -0.3 is 9.47 Å². The van der Waals surface area contributed by atoms with E-state index in [9.17, 15) is 0 Å². The van der Waals surface area contributed by atoms with Crippen LogP contribution in [0.4, 0.5) is 17.1 Å². The Kier molecular flexibility index (Phi) is 7.39. The summed E-state index contributed by atoms with van der Waals surface area (Å²) in [5, 5.41) is 7.62. The first-order valence-electron chi connectivity index (χ1n) is 18.8. The van der Waals surface area contributed by atoms with E-state index in [1.165, 1.54) is 75.0 Å². The second-order valence-corrected chi connectivity index (χ2v) is 15.2. The Morgan fingerprint density at radius 2 is 0.927 bits per heavy atom. The minimum absolute atomic E-state index is 1.10. The van der Waals surface area contributed by atoms with Crippen LogP contribution in [-0.4, -0.2) is 4.57 Å². The molecule has 0 saturated carbocycles. The van der Waals surface area contributed by atoms with Crippen molar-refractivity contribution in [2.24, 2.45) is 0 Å². The summed E-state index contributed by atoms with van der Waals surface area (Å²) >= 11 is 1.86. The number of nitrogens with zero attached hydrogens (tertiary/aromatic N) is 2. The number of aromatic nitrogens is 1. The Labute approximate surface area is 323 Å². The Hall–Kier alpha value is -6.94. The second-order valence-electron chi connectivity index (χ2n) is 14.2. The molecule has 11 aromatic rings. The van der Waals surface area contributed by atoms with Crippen molar-refractivity contribution < 1.29 is 0 Å². The molecule has 9 aromatic carbocycles. The number of benzene rings is 9. The highest BCUT2D eigenvalue weighted by molar-refractivity contribution is 7.25. The zero-order valence-corrected chi connectivity index (χ0v) is 30.7. The Bertz CT molecular complexity index is 3170. The van der Waals surface area contributed by atoms with Crippen molar-refractivity contribution in [3.63, 3.8) is 0 Å². The van der Waals surface area contributed by atoms with E-state index in [0.29, 0.717) is 0 Å². The first kappa shape index (κ1) is 31.6. The van der Waals surface area contributed by atoms with Crippen LogP contribution in [0.15, 0.2) is 206 Å². The van der Waals surface area contributed by atoms with E-state index in [1.807, 2.05) is 11.3 Å². The van der Waals surface area contributed by atoms with Gasteiger partial charge in [0.05, 0.1) is 22.4 Å². The summed E-state index contributed by atoms with van der Waals surface area (Å²) in [5.74, 6) is 0. The number of thiophene rings is 1. The Morgan fingerprint density at radius 1 is 0.345 bits per heavy atom. The lowest BCUT2D eigenvalue weighted by molar-refractivity contribution is 1.15. The fraction of sp³-hybridized carbons (Fsp3) is 0. The fourth-order valence-corrected chi connectivity index (χ4v) is 9.49. The third kappa shape index (κ3) is 5.32. The summed E-state index contributed by atoms with van der Waals surface area (Å²) in [6.45, 7) is 0. The van der Waals surface area contributed by atoms with E-state index in [4.69, 9.17) is 0 Å². The van der Waals surface area contributed by atoms with Crippen molar-refractivity contribution in [3.8, 4) is 27.9 Å². The summed E-state index contributed by atoms with van der Waals surface area (Å²) in [4.78, 5) is 2.43. The van der Waals surface area contributed by atoms with Gasteiger partial charge in [-0.3, -0.25) is 0 Å². The summed E-state index contributed by atoms with van der Waals surface area (Å²) in [5.41, 5.74) is 11.7. The van der Waals surface area contributed by atoms with Gasteiger partial charge in [0.1, 0.15) is 0 Å². The third-order valence-corrected chi connectivity index (χ3v) is 12.1. The maximum Gasteiger partial charge on any atom is 0.0702 e. The molecule has 11 rings (SSSR count). The van der Waals surface area contributed by atoms with Crippen molar-refractivity contribution in [2.75, 3.05) is 4.90 Å². The van der Waals surface area contributed by atoms with E-state index < -0.39 is 0 Å². The van der Waals surface area contributed by atoms with Crippen molar-refractivity contribution in [1.82, 2.24) is 4.57 Å². The van der Waals surface area contributed by atoms with Crippen LogP contribution in [0.25, 0.3) is 80.7 Å². The molecule has 0 amide bonds. The number of anilines is 3. The highest BCUT2D eigenvalue weighted by atomic mass is 32.1. The molecule has 0 aliphatic carbocycles. The molecule has 0 fully saturated rings. The van der Waals surface area contributed by atoms with E-state index in [1.54, 1.807) is 0 Å². The predicted molar refractivity (Wildman–Crippen MR) is 237 cm³/mol. The molecule has 0 spiro atoms. The van der Waals surface area contributed by atoms with Gasteiger partial charge in [-0.2, -0.15) is 0 Å². The lowest BCUT2D eigenvalue weighted by Crippen LogP contribution is -2.13. The molecular weight excluding hydrogens is 685 g/mol. The van der Waals surface area contributed by atoms with Gasteiger partial charge in [-0.25, -0.2) is 0 Å². The number of para-hydroxylation sites is 4. The molecule has 0 N–H and O–H groups in total. The molecule has 0 atom stereocenters. The largest absolute Gasteiger partial charge is 0.308 e. The van der Waals surface area contributed by atoms with Gasteiger partial charge in [0.2, 0.25) is 0 Å². The second kappa shape index (κ2) is 12.9. The Morgan fingerprint density at radius 3 is 1.73 bits per heavy atom. The average Bonchev–Trinajstić information content (AvgIpc) is 3.80. The molecule has 0 unspecified atom stereocenters. The minimum Gasteiger partial charge on any atom is -0.308 e. The number of fused-ring (bicyclic) bond motifs is 7. The van der Waals surface area contributed by atoms with Crippen LogP contribution in [0.5, 0.6) is 0 Å². The average molecular weight is 719 g/mol. The lowest BCUT2D eigenvalue weighted by Gasteiger charge is -2.28. The molecular formula is C52H34N2S. The molecule has 0 saturated heterocycles. The van der Waals surface area contributed by atoms with Crippen LogP contribution in [0.3, 0.4) is 0 Å². The molecule has 0 bridgehead atoms. The van der Waals surface area contributed by atoms with Gasteiger partial charge in [0.25, 0.3) is 0 Å². The quantitative estimate of drug-likeness (QED) is 0.166. The van der Waals surface area contributed by atoms with Crippen molar-refractivity contribution in [1.29, 1.82) is 0 Å². The van der Waals surface area contributed by atoms with Crippen LogP contribution < -0.4 is 4.90 Å². The third-order valence-electron chi connectivity index (χ3n) is 11.0. The highest BCUT2D eigenvalue weighted by Crippen LogP contribution is 2.44. The molecule has 55 heavy (non-hydrogen) atoms. The molecule has 2 aromatic heterocycles. The van der Waals surface area contributed by atoms with E-state index in [0.717, 1.165) is 22.7 Å². The number of hydrogen-bond acceptors (Lipinski definition) is 2. The summed E-state index contributed by atoms with van der Waals surface area (Å²) in [6, 6.07) is 75.3. The smallest absolute Gasteiger partial charge is 0.0702 e. The van der Waals surface area contributed by atoms with Crippen LogP contribution in [0, 0.1) is 0 Å². The van der Waals surface area contributed by atoms with Gasteiger partial charge in [-0.15, -0.1) is 11.3 Å².